The highest BCUT2D eigenvalue weighted by Gasteiger charge is 2.20. The molecule has 1 heterocycles. The molecular formula is C12H17N3O3. The minimum atomic E-state index is -0.403. The molecule has 0 radical (unpaired) electrons. The second-order valence-corrected chi connectivity index (χ2v) is 4.25. The van der Waals surface area contributed by atoms with Crippen LogP contribution in [0.25, 0.3) is 0 Å². The lowest BCUT2D eigenvalue weighted by Crippen LogP contribution is -2.42. The molecule has 1 aliphatic rings. The Bertz CT molecular complexity index is 431. The van der Waals surface area contributed by atoms with Crippen LogP contribution in [0, 0.1) is 10.1 Å². The molecule has 0 saturated carbocycles. The number of para-hydroxylation sites is 1. The molecule has 1 fully saturated rings. The minimum absolute atomic E-state index is 0.0325. The Morgan fingerprint density at radius 1 is 1.44 bits per heavy atom. The predicted molar refractivity (Wildman–Crippen MR) is 67.8 cm³/mol. The summed E-state index contributed by atoms with van der Waals surface area (Å²) in [6.45, 7) is 4.50. The first-order chi connectivity index (χ1) is 8.72. The van der Waals surface area contributed by atoms with Gasteiger partial charge in [0, 0.05) is 44.4 Å². The summed E-state index contributed by atoms with van der Waals surface area (Å²) < 4.78 is 5.20. The van der Waals surface area contributed by atoms with E-state index in [-0.39, 0.29) is 5.69 Å². The summed E-state index contributed by atoms with van der Waals surface area (Å²) in [5, 5.41) is 14.2. The Morgan fingerprint density at radius 2 is 2.17 bits per heavy atom. The second-order valence-electron chi connectivity index (χ2n) is 4.25. The maximum absolute atomic E-state index is 10.9. The molecule has 0 spiro atoms. The van der Waals surface area contributed by atoms with Gasteiger partial charge in [0.15, 0.2) is 0 Å². The van der Waals surface area contributed by atoms with Crippen molar-refractivity contribution in [1.82, 2.24) is 10.2 Å². The van der Waals surface area contributed by atoms with Crippen molar-refractivity contribution in [3.8, 4) is 5.75 Å². The largest absolute Gasteiger partial charge is 0.490 e. The average molecular weight is 251 g/mol. The van der Waals surface area contributed by atoms with Crippen molar-refractivity contribution in [2.45, 2.75) is 6.54 Å². The first kappa shape index (κ1) is 12.8. The van der Waals surface area contributed by atoms with Gasteiger partial charge in [-0.05, 0) is 0 Å². The highest BCUT2D eigenvalue weighted by molar-refractivity contribution is 5.51. The number of piperazine rings is 1. The molecule has 98 valence electrons. The Balaban J connectivity index is 2.20. The maximum atomic E-state index is 10.9. The number of nitro benzene ring substituents is 1. The minimum Gasteiger partial charge on any atom is -0.490 e. The lowest BCUT2D eigenvalue weighted by atomic mass is 10.1. The summed E-state index contributed by atoms with van der Waals surface area (Å²) in [6.07, 6.45) is 0. The van der Waals surface area contributed by atoms with E-state index < -0.39 is 4.92 Å². The van der Waals surface area contributed by atoms with Crippen LogP contribution in [0.3, 0.4) is 0 Å². The van der Waals surface area contributed by atoms with Crippen molar-refractivity contribution in [1.29, 1.82) is 0 Å². The van der Waals surface area contributed by atoms with E-state index in [0.29, 0.717) is 12.3 Å². The second kappa shape index (κ2) is 5.79. The van der Waals surface area contributed by atoms with Crippen LogP contribution in [0.15, 0.2) is 18.2 Å². The number of hydrogen-bond acceptors (Lipinski definition) is 5. The van der Waals surface area contributed by atoms with Crippen LogP contribution in [0.2, 0.25) is 0 Å². The number of ether oxygens (including phenoxy) is 1. The molecule has 6 heteroatoms. The zero-order valence-electron chi connectivity index (χ0n) is 10.4. The van der Waals surface area contributed by atoms with Crippen molar-refractivity contribution in [3.63, 3.8) is 0 Å². The van der Waals surface area contributed by atoms with Gasteiger partial charge in [0.05, 0.1) is 12.0 Å². The van der Waals surface area contributed by atoms with Crippen molar-refractivity contribution in [2.75, 3.05) is 33.3 Å². The standard InChI is InChI=1S/C12H17N3O3/c1-18-12-10(3-2-4-11(12)15(16)17)9-14-7-5-13-6-8-14/h2-4,13H,5-9H2,1H3. The average Bonchev–Trinajstić information content (AvgIpc) is 2.39. The fourth-order valence-electron chi connectivity index (χ4n) is 2.19. The number of nitro groups is 1. The van der Waals surface area contributed by atoms with E-state index in [1.54, 1.807) is 6.07 Å². The molecule has 1 aliphatic heterocycles. The Morgan fingerprint density at radius 3 is 2.78 bits per heavy atom. The van der Waals surface area contributed by atoms with Gasteiger partial charge < -0.3 is 10.1 Å². The van der Waals surface area contributed by atoms with E-state index in [9.17, 15) is 10.1 Å². The molecule has 0 bridgehead atoms. The monoisotopic (exact) mass is 251 g/mol. The van der Waals surface area contributed by atoms with E-state index in [1.807, 2.05) is 6.07 Å². The Labute approximate surface area is 106 Å². The number of nitrogens with zero attached hydrogens (tertiary/aromatic N) is 2. The normalized spacial score (nSPS) is 16.5. The third-order valence-electron chi connectivity index (χ3n) is 3.08. The molecular weight excluding hydrogens is 234 g/mol. The zero-order chi connectivity index (χ0) is 13.0. The lowest BCUT2D eigenvalue weighted by molar-refractivity contribution is -0.385. The fourth-order valence-corrected chi connectivity index (χ4v) is 2.19. The van der Waals surface area contributed by atoms with Gasteiger partial charge in [0.2, 0.25) is 5.75 Å². The summed E-state index contributed by atoms with van der Waals surface area (Å²) in [4.78, 5) is 12.8. The van der Waals surface area contributed by atoms with Gasteiger partial charge in [-0.3, -0.25) is 15.0 Å². The van der Waals surface area contributed by atoms with Gasteiger partial charge in [0.1, 0.15) is 0 Å². The number of methoxy groups -OCH3 is 1. The third kappa shape index (κ3) is 2.77. The quantitative estimate of drug-likeness (QED) is 0.639. The van der Waals surface area contributed by atoms with Crippen LogP contribution in [0.4, 0.5) is 5.69 Å². The van der Waals surface area contributed by atoms with E-state index in [2.05, 4.69) is 10.2 Å². The highest BCUT2D eigenvalue weighted by atomic mass is 16.6. The van der Waals surface area contributed by atoms with Gasteiger partial charge in [-0.2, -0.15) is 0 Å². The third-order valence-corrected chi connectivity index (χ3v) is 3.08. The summed E-state index contributed by atoms with van der Waals surface area (Å²) in [5.41, 5.74) is 0.902. The predicted octanol–water partition coefficient (Wildman–Crippen LogP) is 1.01. The van der Waals surface area contributed by atoms with E-state index in [0.717, 1.165) is 31.7 Å². The van der Waals surface area contributed by atoms with Crippen molar-refractivity contribution >= 4 is 5.69 Å². The van der Waals surface area contributed by atoms with Gasteiger partial charge in [0.25, 0.3) is 0 Å². The van der Waals surface area contributed by atoms with Gasteiger partial charge >= 0.3 is 5.69 Å². The van der Waals surface area contributed by atoms with Crippen molar-refractivity contribution in [3.05, 3.63) is 33.9 Å². The molecule has 1 aromatic carbocycles. The summed E-state index contributed by atoms with van der Waals surface area (Å²) in [5.74, 6) is 0.376. The molecule has 18 heavy (non-hydrogen) atoms. The first-order valence-corrected chi connectivity index (χ1v) is 5.95. The maximum Gasteiger partial charge on any atom is 0.311 e. The SMILES string of the molecule is COc1c(CN2CCNCC2)cccc1[N+](=O)[O-]. The molecule has 0 unspecified atom stereocenters. The molecule has 0 aromatic heterocycles. The Hall–Kier alpha value is -1.66. The molecule has 1 aromatic rings. The fraction of sp³-hybridized carbons (Fsp3) is 0.500. The van der Waals surface area contributed by atoms with Crippen LogP contribution in [0.1, 0.15) is 5.56 Å². The van der Waals surface area contributed by atoms with E-state index in [4.69, 9.17) is 4.74 Å². The zero-order valence-corrected chi connectivity index (χ0v) is 10.4. The Kier molecular flexibility index (Phi) is 4.11. The molecule has 1 saturated heterocycles. The summed E-state index contributed by atoms with van der Waals surface area (Å²) >= 11 is 0. The highest BCUT2D eigenvalue weighted by Crippen LogP contribution is 2.31. The number of hydrogen-bond donors (Lipinski definition) is 1. The molecule has 0 atom stereocenters. The number of nitrogens with one attached hydrogen (secondary N) is 1. The van der Waals surface area contributed by atoms with E-state index >= 15 is 0 Å². The molecule has 6 nitrogen and oxygen atoms in total. The summed E-state index contributed by atoms with van der Waals surface area (Å²) in [7, 11) is 1.48. The lowest BCUT2D eigenvalue weighted by Gasteiger charge is -2.27. The number of benzene rings is 1. The van der Waals surface area contributed by atoms with Gasteiger partial charge in [-0.1, -0.05) is 12.1 Å². The van der Waals surface area contributed by atoms with Crippen molar-refractivity contribution < 1.29 is 9.66 Å². The van der Waals surface area contributed by atoms with Crippen LogP contribution in [-0.4, -0.2) is 43.1 Å². The van der Waals surface area contributed by atoms with Crippen molar-refractivity contribution in [2.24, 2.45) is 0 Å². The molecule has 1 N–H and O–H groups in total. The number of rotatable bonds is 4. The molecule has 0 aliphatic carbocycles. The summed E-state index contributed by atoms with van der Waals surface area (Å²) in [6, 6.07) is 5.06. The van der Waals surface area contributed by atoms with Crippen LogP contribution in [-0.2, 0) is 6.54 Å². The molecule has 0 amide bonds. The van der Waals surface area contributed by atoms with Crippen LogP contribution >= 0.6 is 0 Å². The van der Waals surface area contributed by atoms with Gasteiger partial charge in [-0.15, -0.1) is 0 Å². The van der Waals surface area contributed by atoms with E-state index in [1.165, 1.54) is 13.2 Å². The topological polar surface area (TPSA) is 67.6 Å². The van der Waals surface area contributed by atoms with Crippen LogP contribution in [0.5, 0.6) is 5.75 Å². The van der Waals surface area contributed by atoms with Crippen LogP contribution < -0.4 is 10.1 Å². The first-order valence-electron chi connectivity index (χ1n) is 5.95. The smallest absolute Gasteiger partial charge is 0.311 e. The molecule has 2 rings (SSSR count). The van der Waals surface area contributed by atoms with Gasteiger partial charge in [-0.25, -0.2) is 0 Å².